The van der Waals surface area contributed by atoms with Gasteiger partial charge in [-0.2, -0.15) is 0 Å². The van der Waals surface area contributed by atoms with Gasteiger partial charge in [0.15, 0.2) is 5.82 Å². The minimum absolute atomic E-state index is 0.641. The quantitative estimate of drug-likeness (QED) is 0.168. The fraction of sp³-hybridized carbons (Fsp3) is 0. The van der Waals surface area contributed by atoms with Gasteiger partial charge in [-0.15, -0.1) is 0 Å². The molecule has 0 saturated carbocycles. The average molecular weight is 641 g/mol. The van der Waals surface area contributed by atoms with E-state index >= 15 is 0 Å². The summed E-state index contributed by atoms with van der Waals surface area (Å²) >= 11 is 0. The number of para-hydroxylation sites is 1. The van der Waals surface area contributed by atoms with Gasteiger partial charge in [0, 0.05) is 52.3 Å². The highest BCUT2D eigenvalue weighted by Crippen LogP contribution is 2.33. The van der Waals surface area contributed by atoms with Crippen molar-refractivity contribution in [3.63, 3.8) is 0 Å². The second kappa shape index (κ2) is 12.6. The lowest BCUT2D eigenvalue weighted by molar-refractivity contribution is 1.16. The maximum absolute atomic E-state index is 5.03. The SMILES string of the molecule is c1ccc(-c2nc(-c3ccc(-c4cccnc4)cc3)cc(-c3cc(-c4ccc(-c5nc6ccccc6c6ccccc56)nc4)ccn3)n2)cc1. The lowest BCUT2D eigenvalue weighted by Crippen LogP contribution is -1.97. The lowest BCUT2D eigenvalue weighted by Gasteiger charge is -2.11. The maximum atomic E-state index is 5.03. The molecular weight excluding hydrogens is 613 g/mol. The molecular formula is C44H28N6. The van der Waals surface area contributed by atoms with E-state index in [1.807, 2.05) is 85.3 Å². The van der Waals surface area contributed by atoms with Crippen LogP contribution in [0.5, 0.6) is 0 Å². The van der Waals surface area contributed by atoms with Crippen LogP contribution >= 0.6 is 0 Å². The molecule has 4 aromatic carbocycles. The largest absolute Gasteiger partial charge is 0.264 e. The van der Waals surface area contributed by atoms with Crippen molar-refractivity contribution in [2.45, 2.75) is 0 Å². The molecule has 0 fully saturated rings. The summed E-state index contributed by atoms with van der Waals surface area (Å²) < 4.78 is 0. The molecule has 0 aliphatic carbocycles. The summed E-state index contributed by atoms with van der Waals surface area (Å²) in [5.41, 5.74) is 11.0. The van der Waals surface area contributed by atoms with Crippen molar-refractivity contribution in [2.24, 2.45) is 0 Å². The van der Waals surface area contributed by atoms with Crippen LogP contribution < -0.4 is 0 Å². The number of aromatic nitrogens is 6. The minimum Gasteiger partial charge on any atom is -0.264 e. The smallest absolute Gasteiger partial charge is 0.160 e. The van der Waals surface area contributed by atoms with E-state index in [0.717, 1.165) is 78.1 Å². The number of nitrogens with zero attached hydrogens (tertiary/aromatic N) is 6. The van der Waals surface area contributed by atoms with E-state index in [9.17, 15) is 0 Å². The number of hydrogen-bond acceptors (Lipinski definition) is 6. The monoisotopic (exact) mass is 640 g/mol. The number of hydrogen-bond donors (Lipinski definition) is 0. The van der Waals surface area contributed by atoms with Crippen molar-refractivity contribution < 1.29 is 0 Å². The van der Waals surface area contributed by atoms with E-state index in [-0.39, 0.29) is 0 Å². The maximum Gasteiger partial charge on any atom is 0.160 e. The third-order valence-electron chi connectivity index (χ3n) is 8.90. The molecule has 0 bridgehead atoms. The molecule has 9 rings (SSSR count). The highest BCUT2D eigenvalue weighted by molar-refractivity contribution is 6.10. The molecule has 234 valence electrons. The summed E-state index contributed by atoms with van der Waals surface area (Å²) in [7, 11) is 0. The molecule has 0 unspecified atom stereocenters. The lowest BCUT2D eigenvalue weighted by atomic mass is 10.0. The van der Waals surface area contributed by atoms with Crippen molar-refractivity contribution in [3.8, 4) is 67.7 Å². The summed E-state index contributed by atoms with van der Waals surface area (Å²) in [4.78, 5) is 29.0. The Balaban J connectivity index is 1.09. The van der Waals surface area contributed by atoms with E-state index in [2.05, 4.69) is 83.8 Å². The van der Waals surface area contributed by atoms with E-state index < -0.39 is 0 Å². The van der Waals surface area contributed by atoms with Gasteiger partial charge in [-0.05, 0) is 58.5 Å². The van der Waals surface area contributed by atoms with Gasteiger partial charge in [0.05, 0.1) is 34.0 Å². The predicted octanol–water partition coefficient (Wildman–Crippen LogP) is 10.4. The third-order valence-corrected chi connectivity index (χ3v) is 8.90. The van der Waals surface area contributed by atoms with Crippen LogP contribution in [0.2, 0.25) is 0 Å². The predicted molar refractivity (Wildman–Crippen MR) is 201 cm³/mol. The van der Waals surface area contributed by atoms with Crippen molar-refractivity contribution in [1.29, 1.82) is 0 Å². The molecule has 0 N–H and O–H groups in total. The van der Waals surface area contributed by atoms with Gasteiger partial charge in [-0.25, -0.2) is 15.0 Å². The van der Waals surface area contributed by atoms with Crippen LogP contribution in [0.4, 0.5) is 0 Å². The Labute approximate surface area is 288 Å². The Morgan fingerprint density at radius 3 is 1.84 bits per heavy atom. The van der Waals surface area contributed by atoms with E-state index in [0.29, 0.717) is 5.82 Å². The standard InChI is InChI=1S/C44H28N6/c1-2-9-31(10-3-1)44-49-40(30-18-16-29(17-19-30)33-11-8-23-45-27-33)26-42(50-44)41-25-32(22-24-46-41)34-20-21-39(47-28-34)43-37-14-5-4-12-35(37)36-13-6-7-15-38(36)48-43/h1-28H. The molecule has 0 spiro atoms. The van der Waals surface area contributed by atoms with Crippen LogP contribution in [0.15, 0.2) is 170 Å². The fourth-order valence-electron chi connectivity index (χ4n) is 6.36. The number of benzene rings is 4. The van der Waals surface area contributed by atoms with Crippen LogP contribution in [-0.4, -0.2) is 29.9 Å². The highest BCUT2D eigenvalue weighted by atomic mass is 14.9. The van der Waals surface area contributed by atoms with Crippen molar-refractivity contribution >= 4 is 21.7 Å². The number of fused-ring (bicyclic) bond motifs is 3. The molecule has 0 saturated heterocycles. The third kappa shape index (κ3) is 5.55. The van der Waals surface area contributed by atoms with Crippen LogP contribution in [0.3, 0.4) is 0 Å². The van der Waals surface area contributed by atoms with Gasteiger partial charge >= 0.3 is 0 Å². The molecule has 9 aromatic rings. The summed E-state index contributed by atoms with van der Waals surface area (Å²) in [6.45, 7) is 0. The van der Waals surface area contributed by atoms with Crippen LogP contribution in [0.25, 0.3) is 89.4 Å². The molecule has 50 heavy (non-hydrogen) atoms. The number of rotatable bonds is 6. The van der Waals surface area contributed by atoms with Crippen molar-refractivity contribution in [3.05, 3.63) is 170 Å². The topological polar surface area (TPSA) is 77.3 Å². The van der Waals surface area contributed by atoms with E-state index in [1.54, 1.807) is 6.20 Å². The van der Waals surface area contributed by atoms with Crippen LogP contribution in [-0.2, 0) is 0 Å². The molecule has 6 heteroatoms. The van der Waals surface area contributed by atoms with Gasteiger partial charge in [-0.1, -0.05) is 109 Å². The zero-order chi connectivity index (χ0) is 33.3. The van der Waals surface area contributed by atoms with Gasteiger partial charge < -0.3 is 0 Å². The number of pyridine rings is 4. The molecule has 5 heterocycles. The average Bonchev–Trinajstić information content (AvgIpc) is 3.21. The van der Waals surface area contributed by atoms with Crippen molar-refractivity contribution in [2.75, 3.05) is 0 Å². The van der Waals surface area contributed by atoms with Gasteiger partial charge in [-0.3, -0.25) is 15.0 Å². The Morgan fingerprint density at radius 2 is 1.04 bits per heavy atom. The fourth-order valence-corrected chi connectivity index (χ4v) is 6.36. The molecule has 0 amide bonds. The Kier molecular flexibility index (Phi) is 7.37. The first-order valence-corrected chi connectivity index (χ1v) is 16.4. The second-order valence-electron chi connectivity index (χ2n) is 12.0. The molecule has 0 aliphatic heterocycles. The second-order valence-corrected chi connectivity index (χ2v) is 12.0. The first-order valence-electron chi connectivity index (χ1n) is 16.4. The van der Waals surface area contributed by atoms with Gasteiger partial charge in [0.1, 0.15) is 0 Å². The molecule has 0 atom stereocenters. The molecule has 5 aromatic heterocycles. The first kappa shape index (κ1) is 29.2. The molecule has 6 nitrogen and oxygen atoms in total. The molecule has 0 aliphatic rings. The highest BCUT2D eigenvalue weighted by Gasteiger charge is 2.14. The van der Waals surface area contributed by atoms with Crippen LogP contribution in [0.1, 0.15) is 0 Å². The summed E-state index contributed by atoms with van der Waals surface area (Å²) in [5, 5.41) is 3.39. The Bertz CT molecular complexity index is 2620. The Hall–Kier alpha value is -6.92. The zero-order valence-electron chi connectivity index (χ0n) is 26.8. The minimum atomic E-state index is 0.641. The van der Waals surface area contributed by atoms with E-state index in [1.165, 1.54) is 5.39 Å². The van der Waals surface area contributed by atoms with Crippen LogP contribution in [0, 0.1) is 0 Å². The zero-order valence-corrected chi connectivity index (χ0v) is 26.8. The summed E-state index contributed by atoms with van der Waals surface area (Å²) in [6, 6.07) is 49.3. The van der Waals surface area contributed by atoms with E-state index in [4.69, 9.17) is 24.9 Å². The summed E-state index contributed by atoms with van der Waals surface area (Å²) in [6.07, 6.45) is 7.38. The normalized spacial score (nSPS) is 11.2. The van der Waals surface area contributed by atoms with Crippen molar-refractivity contribution in [1.82, 2.24) is 29.9 Å². The molecule has 0 radical (unpaired) electrons. The van der Waals surface area contributed by atoms with Gasteiger partial charge in [0.25, 0.3) is 0 Å². The first-order chi connectivity index (χ1) is 24.8. The summed E-state index contributed by atoms with van der Waals surface area (Å²) in [5.74, 6) is 0.641. The van der Waals surface area contributed by atoms with Gasteiger partial charge in [0.2, 0.25) is 0 Å². The Morgan fingerprint density at radius 1 is 0.340 bits per heavy atom.